The second-order valence-electron chi connectivity index (χ2n) is 4.26. The average Bonchev–Trinajstić information content (AvgIpc) is 3.20. The fourth-order valence-corrected chi connectivity index (χ4v) is 2.25. The molecule has 3 rings (SSSR count). The molecule has 0 radical (unpaired) electrons. The van der Waals surface area contributed by atoms with Crippen LogP contribution in [0.5, 0.6) is 0 Å². The predicted molar refractivity (Wildman–Crippen MR) is 72.5 cm³/mol. The van der Waals surface area contributed by atoms with E-state index in [-0.39, 0.29) is 18.0 Å². The van der Waals surface area contributed by atoms with E-state index in [1.807, 2.05) is 54.6 Å². The highest BCUT2D eigenvalue weighted by molar-refractivity contribution is 9.10. The minimum absolute atomic E-state index is 0.0588. The number of carbonyl (C=O) groups excluding carboxylic acids is 1. The Morgan fingerprint density at radius 1 is 1.00 bits per heavy atom. The van der Waals surface area contributed by atoms with Crippen molar-refractivity contribution in [2.45, 2.75) is 12.2 Å². The number of Topliss-reactive ketones (excluding diaryl/α,β-unsaturated/α-hetero) is 1. The fourth-order valence-electron chi connectivity index (χ4n) is 1.98. The molecule has 0 spiro atoms. The Labute approximate surface area is 114 Å². The summed E-state index contributed by atoms with van der Waals surface area (Å²) in [7, 11) is 0. The third-order valence-corrected chi connectivity index (χ3v) is 3.54. The van der Waals surface area contributed by atoms with Crippen molar-refractivity contribution in [2.75, 3.05) is 0 Å². The highest BCUT2D eigenvalue weighted by Crippen LogP contribution is 2.40. The van der Waals surface area contributed by atoms with Gasteiger partial charge in [0.25, 0.3) is 0 Å². The molecule has 0 unspecified atom stereocenters. The number of ether oxygens (including phenoxy) is 1. The normalized spacial score (nSPS) is 21.6. The molecule has 0 aromatic heterocycles. The molecule has 0 N–H and O–H groups in total. The first kappa shape index (κ1) is 11.6. The summed E-state index contributed by atoms with van der Waals surface area (Å²) in [6.07, 6.45) is -0.417. The van der Waals surface area contributed by atoms with Crippen molar-refractivity contribution in [3.05, 3.63) is 70.2 Å². The lowest BCUT2D eigenvalue weighted by Crippen LogP contribution is -2.07. The van der Waals surface area contributed by atoms with Crippen molar-refractivity contribution in [2.24, 2.45) is 0 Å². The molecular formula is C15H11BrO2. The lowest BCUT2D eigenvalue weighted by Gasteiger charge is -1.97. The van der Waals surface area contributed by atoms with Gasteiger partial charge in [-0.3, -0.25) is 4.79 Å². The zero-order valence-electron chi connectivity index (χ0n) is 9.55. The minimum atomic E-state index is -0.325. The van der Waals surface area contributed by atoms with Crippen LogP contribution in [0.4, 0.5) is 0 Å². The van der Waals surface area contributed by atoms with Crippen molar-refractivity contribution in [3.63, 3.8) is 0 Å². The molecule has 2 aromatic rings. The van der Waals surface area contributed by atoms with Gasteiger partial charge in [-0.2, -0.15) is 0 Å². The molecule has 18 heavy (non-hydrogen) atoms. The lowest BCUT2D eigenvalue weighted by atomic mass is 10.0. The van der Waals surface area contributed by atoms with Crippen LogP contribution in [0.3, 0.4) is 0 Å². The van der Waals surface area contributed by atoms with E-state index in [9.17, 15) is 4.79 Å². The molecule has 0 bridgehead atoms. The minimum Gasteiger partial charge on any atom is -0.356 e. The summed E-state index contributed by atoms with van der Waals surface area (Å²) in [5, 5.41) is 0. The number of hydrogen-bond acceptors (Lipinski definition) is 2. The molecule has 0 amide bonds. The molecule has 90 valence electrons. The first-order valence-corrected chi connectivity index (χ1v) is 6.55. The number of benzene rings is 2. The number of epoxide rings is 1. The molecule has 1 saturated heterocycles. The zero-order valence-corrected chi connectivity index (χ0v) is 11.1. The zero-order chi connectivity index (χ0) is 12.5. The maximum Gasteiger partial charge on any atom is 0.194 e. The second-order valence-corrected chi connectivity index (χ2v) is 5.17. The largest absolute Gasteiger partial charge is 0.356 e. The van der Waals surface area contributed by atoms with Crippen molar-refractivity contribution in [1.82, 2.24) is 0 Å². The summed E-state index contributed by atoms with van der Waals surface area (Å²) in [5.74, 6) is 0.0588. The Hall–Kier alpha value is -1.45. The molecule has 1 heterocycles. The van der Waals surface area contributed by atoms with Crippen molar-refractivity contribution < 1.29 is 9.53 Å². The van der Waals surface area contributed by atoms with Crippen LogP contribution < -0.4 is 0 Å². The van der Waals surface area contributed by atoms with Gasteiger partial charge in [-0.05, 0) is 17.7 Å². The van der Waals surface area contributed by atoms with E-state index in [1.54, 1.807) is 0 Å². The van der Waals surface area contributed by atoms with E-state index in [0.717, 1.165) is 10.0 Å². The molecule has 0 aliphatic carbocycles. The molecule has 2 aromatic carbocycles. The van der Waals surface area contributed by atoms with Gasteiger partial charge in [0.2, 0.25) is 0 Å². The molecule has 2 nitrogen and oxygen atoms in total. The van der Waals surface area contributed by atoms with Gasteiger partial charge < -0.3 is 4.74 Å². The van der Waals surface area contributed by atoms with Gasteiger partial charge >= 0.3 is 0 Å². The van der Waals surface area contributed by atoms with E-state index in [2.05, 4.69) is 15.9 Å². The van der Waals surface area contributed by atoms with Crippen LogP contribution in [0.2, 0.25) is 0 Å². The van der Waals surface area contributed by atoms with Gasteiger partial charge in [-0.15, -0.1) is 0 Å². The van der Waals surface area contributed by atoms with Crippen LogP contribution in [0.15, 0.2) is 59.1 Å². The SMILES string of the molecule is O=C(c1ccccc1)[C@H]1O[C@@H]1c1ccc(Br)cc1. The molecule has 1 aliphatic rings. The maximum absolute atomic E-state index is 12.1. The smallest absolute Gasteiger partial charge is 0.194 e. The highest BCUT2D eigenvalue weighted by atomic mass is 79.9. The van der Waals surface area contributed by atoms with E-state index in [0.29, 0.717) is 5.56 Å². The standard InChI is InChI=1S/C15H11BrO2/c16-12-8-6-11(7-9-12)14-15(18-14)13(17)10-4-2-1-3-5-10/h1-9,14-15H/t14-,15-/m1/s1. The van der Waals surface area contributed by atoms with Crippen molar-refractivity contribution in [3.8, 4) is 0 Å². The highest BCUT2D eigenvalue weighted by Gasteiger charge is 2.45. The Kier molecular flexibility index (Phi) is 3.02. The van der Waals surface area contributed by atoms with Crippen LogP contribution in [0, 0.1) is 0 Å². The summed E-state index contributed by atoms with van der Waals surface area (Å²) in [6, 6.07) is 17.2. The number of hydrogen-bond donors (Lipinski definition) is 0. The molecule has 2 atom stereocenters. The summed E-state index contributed by atoms with van der Waals surface area (Å²) in [4.78, 5) is 12.1. The molecule has 3 heteroatoms. The first-order valence-electron chi connectivity index (χ1n) is 5.76. The van der Waals surface area contributed by atoms with Crippen molar-refractivity contribution in [1.29, 1.82) is 0 Å². The molecular weight excluding hydrogens is 292 g/mol. The third-order valence-electron chi connectivity index (χ3n) is 3.01. The topological polar surface area (TPSA) is 29.6 Å². The fraction of sp³-hybridized carbons (Fsp3) is 0.133. The van der Waals surface area contributed by atoms with Gasteiger partial charge in [-0.1, -0.05) is 58.4 Å². The Morgan fingerprint density at radius 3 is 2.33 bits per heavy atom. The van der Waals surface area contributed by atoms with E-state index in [1.165, 1.54) is 0 Å². The summed E-state index contributed by atoms with van der Waals surface area (Å²) in [5.41, 5.74) is 1.76. The summed E-state index contributed by atoms with van der Waals surface area (Å²) in [6.45, 7) is 0. The summed E-state index contributed by atoms with van der Waals surface area (Å²) < 4.78 is 6.52. The molecule has 0 saturated carbocycles. The van der Waals surface area contributed by atoms with Crippen LogP contribution in [0.1, 0.15) is 22.0 Å². The Bertz CT molecular complexity index is 563. The van der Waals surface area contributed by atoms with Crippen LogP contribution in [0.25, 0.3) is 0 Å². The number of halogens is 1. The maximum atomic E-state index is 12.1. The number of ketones is 1. The van der Waals surface area contributed by atoms with Gasteiger partial charge in [-0.25, -0.2) is 0 Å². The predicted octanol–water partition coefficient (Wildman–Crippen LogP) is 3.77. The van der Waals surface area contributed by atoms with Gasteiger partial charge in [0.15, 0.2) is 11.9 Å². The Balaban J connectivity index is 1.75. The van der Waals surface area contributed by atoms with E-state index >= 15 is 0 Å². The quantitative estimate of drug-likeness (QED) is 0.638. The lowest BCUT2D eigenvalue weighted by molar-refractivity contribution is 0.0953. The monoisotopic (exact) mass is 302 g/mol. The van der Waals surface area contributed by atoms with Gasteiger partial charge in [0.1, 0.15) is 6.10 Å². The number of rotatable bonds is 3. The van der Waals surface area contributed by atoms with E-state index in [4.69, 9.17) is 4.74 Å². The second kappa shape index (κ2) is 4.67. The third kappa shape index (κ3) is 2.24. The van der Waals surface area contributed by atoms with Crippen LogP contribution in [-0.2, 0) is 4.74 Å². The molecule has 1 fully saturated rings. The first-order chi connectivity index (χ1) is 8.75. The summed E-state index contributed by atoms with van der Waals surface area (Å²) >= 11 is 3.39. The Morgan fingerprint density at radius 2 is 1.67 bits per heavy atom. The van der Waals surface area contributed by atoms with Gasteiger partial charge in [0, 0.05) is 10.0 Å². The molecule has 1 aliphatic heterocycles. The van der Waals surface area contributed by atoms with E-state index < -0.39 is 0 Å². The average molecular weight is 303 g/mol. The van der Waals surface area contributed by atoms with Gasteiger partial charge in [0.05, 0.1) is 0 Å². The van der Waals surface area contributed by atoms with Crippen LogP contribution >= 0.6 is 15.9 Å². The van der Waals surface area contributed by atoms with Crippen LogP contribution in [-0.4, -0.2) is 11.9 Å². The number of carbonyl (C=O) groups is 1. The van der Waals surface area contributed by atoms with Crippen molar-refractivity contribution >= 4 is 21.7 Å².